The van der Waals surface area contributed by atoms with Crippen molar-refractivity contribution in [1.29, 1.82) is 0 Å². The van der Waals surface area contributed by atoms with E-state index < -0.39 is 0 Å². The average Bonchev–Trinajstić information content (AvgIpc) is 2.38. The smallest absolute Gasteiger partial charge is 0.145 e. The first-order valence-corrected chi connectivity index (χ1v) is 5.68. The van der Waals surface area contributed by atoms with Gasteiger partial charge in [0, 0.05) is 11.6 Å². The predicted octanol–water partition coefficient (Wildman–Crippen LogP) is 2.07. The fraction of sp³-hybridized carbons (Fsp3) is 0.308. The number of aromatic nitrogens is 1. The Balaban J connectivity index is 2.46. The van der Waals surface area contributed by atoms with Crippen LogP contribution < -0.4 is 10.6 Å². The average molecular weight is 232 g/mol. The highest BCUT2D eigenvalue weighted by Gasteiger charge is 2.07. The molecule has 0 saturated heterocycles. The lowest BCUT2D eigenvalue weighted by molar-refractivity contribution is 0.141. The lowest BCUT2D eigenvalue weighted by Crippen LogP contribution is -2.04. The summed E-state index contributed by atoms with van der Waals surface area (Å²) in [6, 6.07) is 7.94. The molecule has 4 nitrogen and oxygen atoms in total. The fourth-order valence-electron chi connectivity index (χ4n) is 1.86. The van der Waals surface area contributed by atoms with Crippen LogP contribution in [-0.2, 0) is 11.3 Å². The molecule has 1 aromatic carbocycles. The molecule has 0 aliphatic heterocycles. The van der Waals surface area contributed by atoms with E-state index in [0.29, 0.717) is 13.2 Å². The Labute approximate surface area is 100 Å². The van der Waals surface area contributed by atoms with Gasteiger partial charge in [-0.05, 0) is 31.0 Å². The molecule has 0 amide bonds. The second kappa shape index (κ2) is 5.61. The number of benzene rings is 1. The van der Waals surface area contributed by atoms with Gasteiger partial charge in [0.05, 0.1) is 13.2 Å². The van der Waals surface area contributed by atoms with Gasteiger partial charge in [-0.1, -0.05) is 12.1 Å². The number of ether oxygens (including phenoxy) is 1. The zero-order chi connectivity index (χ0) is 12.1. The molecule has 2 rings (SSSR count). The summed E-state index contributed by atoms with van der Waals surface area (Å²) >= 11 is 0. The Morgan fingerprint density at radius 3 is 2.94 bits per heavy atom. The van der Waals surface area contributed by atoms with Gasteiger partial charge in [0.15, 0.2) is 0 Å². The number of pyridine rings is 1. The van der Waals surface area contributed by atoms with Gasteiger partial charge in [-0.3, -0.25) is 4.98 Å². The zero-order valence-electron chi connectivity index (χ0n) is 9.85. The largest absolute Gasteiger partial charge is 0.492 e. The molecule has 0 spiro atoms. The first-order valence-electron chi connectivity index (χ1n) is 5.68. The molecule has 1 aromatic heterocycles. The molecule has 0 unspecified atom stereocenters. The summed E-state index contributed by atoms with van der Waals surface area (Å²) in [7, 11) is 0. The standard InChI is InChI=1S/C13H16N2O2/c1-2-16-12-6-5-10(7-9-17-14)11-4-3-8-15-13(11)12/h3-6,8H,2,7,9,14H2,1H3. The molecule has 0 radical (unpaired) electrons. The van der Waals surface area contributed by atoms with E-state index in [4.69, 9.17) is 10.6 Å². The lowest BCUT2D eigenvalue weighted by atomic mass is 10.1. The van der Waals surface area contributed by atoms with E-state index in [9.17, 15) is 0 Å². The minimum atomic E-state index is 0.498. The molecule has 90 valence electrons. The first-order chi connectivity index (χ1) is 8.36. The van der Waals surface area contributed by atoms with Crippen LogP contribution in [0.5, 0.6) is 5.75 Å². The molecular formula is C13H16N2O2. The number of rotatable bonds is 5. The van der Waals surface area contributed by atoms with Gasteiger partial charge >= 0.3 is 0 Å². The maximum atomic E-state index is 5.56. The van der Waals surface area contributed by atoms with Crippen molar-refractivity contribution in [2.45, 2.75) is 13.3 Å². The quantitative estimate of drug-likeness (QED) is 0.802. The maximum absolute atomic E-state index is 5.56. The summed E-state index contributed by atoms with van der Waals surface area (Å²) in [6.07, 6.45) is 2.54. The third-order valence-corrected chi connectivity index (χ3v) is 2.61. The Kier molecular flexibility index (Phi) is 3.90. The normalized spacial score (nSPS) is 10.7. The van der Waals surface area contributed by atoms with Gasteiger partial charge < -0.3 is 9.57 Å². The van der Waals surface area contributed by atoms with Crippen LogP contribution in [0, 0.1) is 0 Å². The lowest BCUT2D eigenvalue weighted by Gasteiger charge is -2.10. The van der Waals surface area contributed by atoms with Crippen LogP contribution in [0.2, 0.25) is 0 Å². The van der Waals surface area contributed by atoms with Gasteiger partial charge in [0.25, 0.3) is 0 Å². The van der Waals surface area contributed by atoms with E-state index in [2.05, 4.69) is 9.82 Å². The maximum Gasteiger partial charge on any atom is 0.145 e. The molecule has 0 bridgehead atoms. The van der Waals surface area contributed by atoms with Crippen molar-refractivity contribution in [2.75, 3.05) is 13.2 Å². The number of hydrogen-bond donors (Lipinski definition) is 1. The third-order valence-electron chi connectivity index (χ3n) is 2.61. The van der Waals surface area contributed by atoms with Crippen molar-refractivity contribution in [1.82, 2.24) is 4.98 Å². The summed E-state index contributed by atoms with van der Waals surface area (Å²) in [5.74, 6) is 5.88. The highest BCUT2D eigenvalue weighted by atomic mass is 16.6. The Bertz CT molecular complexity index is 500. The molecule has 17 heavy (non-hydrogen) atoms. The first kappa shape index (κ1) is 11.8. The van der Waals surface area contributed by atoms with Gasteiger partial charge in [0.1, 0.15) is 11.3 Å². The minimum absolute atomic E-state index is 0.498. The highest BCUT2D eigenvalue weighted by molar-refractivity contribution is 5.87. The zero-order valence-corrected chi connectivity index (χ0v) is 9.85. The van der Waals surface area contributed by atoms with Crippen molar-refractivity contribution >= 4 is 10.9 Å². The Morgan fingerprint density at radius 1 is 1.29 bits per heavy atom. The van der Waals surface area contributed by atoms with Crippen molar-refractivity contribution < 1.29 is 9.57 Å². The molecule has 0 saturated carbocycles. The van der Waals surface area contributed by atoms with E-state index in [1.807, 2.05) is 31.2 Å². The second-order valence-corrected chi connectivity index (χ2v) is 3.68. The van der Waals surface area contributed by atoms with E-state index >= 15 is 0 Å². The number of nitrogens with two attached hydrogens (primary N) is 1. The van der Waals surface area contributed by atoms with Crippen LogP contribution in [0.25, 0.3) is 10.9 Å². The van der Waals surface area contributed by atoms with Gasteiger partial charge in [-0.15, -0.1) is 0 Å². The van der Waals surface area contributed by atoms with Crippen LogP contribution >= 0.6 is 0 Å². The fourth-order valence-corrected chi connectivity index (χ4v) is 1.86. The van der Waals surface area contributed by atoms with Crippen molar-refractivity contribution in [2.24, 2.45) is 5.90 Å². The van der Waals surface area contributed by atoms with Crippen molar-refractivity contribution in [3.63, 3.8) is 0 Å². The van der Waals surface area contributed by atoms with Crippen LogP contribution in [0.15, 0.2) is 30.5 Å². The summed E-state index contributed by atoms with van der Waals surface area (Å²) in [6.45, 7) is 3.10. The number of fused-ring (bicyclic) bond motifs is 1. The molecule has 0 aliphatic rings. The van der Waals surface area contributed by atoms with E-state index in [-0.39, 0.29) is 0 Å². The summed E-state index contributed by atoms with van der Waals surface area (Å²) in [5, 5.41) is 1.09. The van der Waals surface area contributed by atoms with E-state index in [1.165, 1.54) is 5.56 Å². The minimum Gasteiger partial charge on any atom is -0.492 e. The third kappa shape index (κ3) is 2.54. The number of hydrogen-bond acceptors (Lipinski definition) is 4. The van der Waals surface area contributed by atoms with Crippen LogP contribution in [0.3, 0.4) is 0 Å². The topological polar surface area (TPSA) is 57.4 Å². The summed E-state index contributed by atoms with van der Waals surface area (Å²) in [5.41, 5.74) is 2.06. The molecule has 0 fully saturated rings. The van der Waals surface area contributed by atoms with E-state index in [1.54, 1.807) is 6.20 Å². The molecule has 1 heterocycles. The molecule has 4 heteroatoms. The molecule has 0 aliphatic carbocycles. The summed E-state index contributed by atoms with van der Waals surface area (Å²) < 4.78 is 5.56. The van der Waals surface area contributed by atoms with Gasteiger partial charge in [0.2, 0.25) is 0 Å². The number of nitrogens with zero attached hydrogens (tertiary/aromatic N) is 1. The van der Waals surface area contributed by atoms with Gasteiger partial charge in [-0.25, -0.2) is 5.90 Å². The van der Waals surface area contributed by atoms with Crippen molar-refractivity contribution in [3.05, 3.63) is 36.0 Å². The SMILES string of the molecule is CCOc1ccc(CCON)c2cccnc12. The highest BCUT2D eigenvalue weighted by Crippen LogP contribution is 2.26. The Morgan fingerprint density at radius 2 is 2.18 bits per heavy atom. The molecule has 2 N–H and O–H groups in total. The van der Waals surface area contributed by atoms with Crippen LogP contribution in [0.1, 0.15) is 12.5 Å². The molecule has 2 aromatic rings. The van der Waals surface area contributed by atoms with E-state index in [0.717, 1.165) is 23.1 Å². The predicted molar refractivity (Wildman–Crippen MR) is 66.8 cm³/mol. The molecular weight excluding hydrogens is 216 g/mol. The van der Waals surface area contributed by atoms with Crippen LogP contribution in [0.4, 0.5) is 0 Å². The molecule has 0 atom stereocenters. The summed E-state index contributed by atoms with van der Waals surface area (Å²) in [4.78, 5) is 8.99. The van der Waals surface area contributed by atoms with Crippen molar-refractivity contribution in [3.8, 4) is 5.75 Å². The van der Waals surface area contributed by atoms with Crippen LogP contribution in [-0.4, -0.2) is 18.2 Å². The van der Waals surface area contributed by atoms with Gasteiger partial charge in [-0.2, -0.15) is 0 Å². The monoisotopic (exact) mass is 232 g/mol. The second-order valence-electron chi connectivity index (χ2n) is 3.68. The Hall–Kier alpha value is -1.65.